The van der Waals surface area contributed by atoms with Gasteiger partial charge in [0.15, 0.2) is 0 Å². The molecule has 0 amide bonds. The van der Waals surface area contributed by atoms with Gasteiger partial charge in [0.25, 0.3) is 0 Å². The number of carboxylic acid groups (broad SMARTS) is 1. The van der Waals surface area contributed by atoms with Crippen molar-refractivity contribution in [2.45, 2.75) is 4.90 Å². The molecule has 0 atom stereocenters. The highest BCUT2D eigenvalue weighted by molar-refractivity contribution is 7.98. The Morgan fingerprint density at radius 3 is 2.75 bits per heavy atom. The summed E-state index contributed by atoms with van der Waals surface area (Å²) in [4.78, 5) is 16.8. The molecule has 1 N–H and O–H groups in total. The first-order chi connectivity index (χ1) is 11.7. The summed E-state index contributed by atoms with van der Waals surface area (Å²) in [7, 11) is 0. The maximum Gasteiger partial charge on any atom is 0.335 e. The molecule has 0 saturated heterocycles. The Bertz CT molecular complexity index is 900. The van der Waals surface area contributed by atoms with E-state index in [2.05, 4.69) is 4.99 Å². The maximum absolute atomic E-state index is 11.2. The molecule has 0 aliphatic rings. The lowest BCUT2D eigenvalue weighted by Gasteiger charge is -2.07. The number of aromatic nitrogens is 1. The number of hydrogen-bond acceptors (Lipinski definition) is 3. The molecule has 0 saturated carbocycles. The van der Waals surface area contributed by atoms with Crippen LogP contribution in [0.25, 0.3) is 5.69 Å². The van der Waals surface area contributed by atoms with Gasteiger partial charge in [0.05, 0.1) is 23.2 Å². The minimum atomic E-state index is -0.937. The van der Waals surface area contributed by atoms with Crippen LogP contribution in [0.1, 0.15) is 16.1 Å². The Kier molecular flexibility index (Phi) is 4.82. The standard InChI is InChI=1S/C19H16N2O2S/c1-24-18-10-3-2-9-17(18)20-13-16-8-5-11-21(16)15-7-4-6-14(12-15)19(22)23/h2-13H,1H3,(H,22,23). The van der Waals surface area contributed by atoms with Crippen molar-refractivity contribution in [3.8, 4) is 5.69 Å². The molecule has 3 rings (SSSR count). The van der Waals surface area contributed by atoms with Crippen molar-refractivity contribution in [1.29, 1.82) is 0 Å². The van der Waals surface area contributed by atoms with Gasteiger partial charge < -0.3 is 9.67 Å². The van der Waals surface area contributed by atoms with Gasteiger partial charge in [-0.3, -0.25) is 4.99 Å². The van der Waals surface area contributed by atoms with Gasteiger partial charge in [0, 0.05) is 16.8 Å². The molecular weight excluding hydrogens is 320 g/mol. The molecule has 0 unspecified atom stereocenters. The zero-order valence-corrected chi connectivity index (χ0v) is 13.9. The van der Waals surface area contributed by atoms with Crippen LogP contribution in [0.3, 0.4) is 0 Å². The van der Waals surface area contributed by atoms with E-state index in [1.807, 2.05) is 59.5 Å². The molecule has 1 heterocycles. The van der Waals surface area contributed by atoms with Crippen molar-refractivity contribution in [3.63, 3.8) is 0 Å². The SMILES string of the molecule is CSc1ccccc1N=Cc1cccn1-c1cccc(C(=O)O)c1. The summed E-state index contributed by atoms with van der Waals surface area (Å²) in [6, 6.07) is 18.7. The second kappa shape index (κ2) is 7.19. The maximum atomic E-state index is 11.2. The molecule has 5 heteroatoms. The average molecular weight is 336 g/mol. The first kappa shape index (κ1) is 16.1. The normalized spacial score (nSPS) is 11.0. The minimum absolute atomic E-state index is 0.261. The van der Waals surface area contributed by atoms with Crippen LogP contribution in [0.2, 0.25) is 0 Å². The topological polar surface area (TPSA) is 54.6 Å². The first-order valence-corrected chi connectivity index (χ1v) is 8.59. The van der Waals surface area contributed by atoms with Crippen molar-refractivity contribution in [2.24, 2.45) is 4.99 Å². The van der Waals surface area contributed by atoms with E-state index >= 15 is 0 Å². The molecule has 0 fully saturated rings. The monoisotopic (exact) mass is 336 g/mol. The molecule has 1 aromatic heterocycles. The third-order valence-electron chi connectivity index (χ3n) is 3.57. The van der Waals surface area contributed by atoms with E-state index in [9.17, 15) is 4.79 Å². The number of para-hydroxylation sites is 1. The number of thioether (sulfide) groups is 1. The van der Waals surface area contributed by atoms with Gasteiger partial charge in [-0.1, -0.05) is 18.2 Å². The molecule has 24 heavy (non-hydrogen) atoms. The molecule has 0 spiro atoms. The summed E-state index contributed by atoms with van der Waals surface area (Å²) in [5.74, 6) is -0.937. The van der Waals surface area contributed by atoms with Crippen LogP contribution in [0.15, 0.2) is 76.7 Å². The Balaban J connectivity index is 1.95. The van der Waals surface area contributed by atoms with Crippen LogP contribution in [0, 0.1) is 0 Å². The van der Waals surface area contributed by atoms with Crippen molar-refractivity contribution < 1.29 is 9.90 Å². The lowest BCUT2D eigenvalue weighted by atomic mass is 10.2. The fraction of sp³-hybridized carbons (Fsp3) is 0.0526. The average Bonchev–Trinajstić information content (AvgIpc) is 3.09. The number of carbonyl (C=O) groups is 1. The number of rotatable bonds is 5. The molecule has 0 bridgehead atoms. The predicted octanol–water partition coefficient (Wildman–Crippen LogP) is 4.65. The molecule has 2 aromatic carbocycles. The molecule has 3 aromatic rings. The third-order valence-corrected chi connectivity index (χ3v) is 4.36. The van der Waals surface area contributed by atoms with E-state index in [0.717, 1.165) is 22.0 Å². The van der Waals surface area contributed by atoms with Gasteiger partial charge in [-0.05, 0) is 48.7 Å². The second-order valence-electron chi connectivity index (χ2n) is 5.09. The molecule has 0 radical (unpaired) electrons. The lowest BCUT2D eigenvalue weighted by Crippen LogP contribution is -2.01. The highest BCUT2D eigenvalue weighted by atomic mass is 32.2. The van der Waals surface area contributed by atoms with E-state index in [1.54, 1.807) is 36.2 Å². The largest absolute Gasteiger partial charge is 0.478 e. The lowest BCUT2D eigenvalue weighted by molar-refractivity contribution is 0.0697. The van der Waals surface area contributed by atoms with E-state index in [-0.39, 0.29) is 5.56 Å². The van der Waals surface area contributed by atoms with Crippen LogP contribution >= 0.6 is 11.8 Å². The van der Waals surface area contributed by atoms with Gasteiger partial charge in [-0.2, -0.15) is 0 Å². The summed E-state index contributed by atoms with van der Waals surface area (Å²) >= 11 is 1.65. The van der Waals surface area contributed by atoms with Crippen LogP contribution in [0.5, 0.6) is 0 Å². The highest BCUT2D eigenvalue weighted by Gasteiger charge is 2.06. The van der Waals surface area contributed by atoms with Gasteiger partial charge in [-0.25, -0.2) is 4.79 Å². The highest BCUT2D eigenvalue weighted by Crippen LogP contribution is 2.27. The van der Waals surface area contributed by atoms with Gasteiger partial charge in [-0.15, -0.1) is 11.8 Å². The number of carboxylic acids is 1. The molecule has 120 valence electrons. The third kappa shape index (κ3) is 3.41. The van der Waals surface area contributed by atoms with E-state index in [0.29, 0.717) is 0 Å². The summed E-state index contributed by atoms with van der Waals surface area (Å²) in [6.45, 7) is 0. The fourth-order valence-corrected chi connectivity index (χ4v) is 2.94. The zero-order valence-electron chi connectivity index (χ0n) is 13.1. The number of nitrogens with zero attached hydrogens (tertiary/aromatic N) is 2. The van der Waals surface area contributed by atoms with Gasteiger partial charge in [0.1, 0.15) is 0 Å². The van der Waals surface area contributed by atoms with Crippen molar-refractivity contribution in [2.75, 3.05) is 6.26 Å². The fourth-order valence-electron chi connectivity index (χ4n) is 2.40. The number of aliphatic imine (C=N–C) groups is 1. The second-order valence-corrected chi connectivity index (χ2v) is 5.94. The Hall–Kier alpha value is -2.79. The number of aromatic carboxylic acids is 1. The number of hydrogen-bond donors (Lipinski definition) is 1. The summed E-state index contributed by atoms with van der Waals surface area (Å²) in [5.41, 5.74) is 2.85. The van der Waals surface area contributed by atoms with Crippen molar-refractivity contribution in [3.05, 3.63) is 78.1 Å². The molecule has 0 aliphatic heterocycles. The van der Waals surface area contributed by atoms with Gasteiger partial charge >= 0.3 is 5.97 Å². The van der Waals surface area contributed by atoms with E-state index < -0.39 is 5.97 Å². The number of benzene rings is 2. The predicted molar refractivity (Wildman–Crippen MR) is 98.2 cm³/mol. The Morgan fingerprint density at radius 2 is 1.96 bits per heavy atom. The van der Waals surface area contributed by atoms with Crippen LogP contribution in [-0.2, 0) is 0 Å². The summed E-state index contributed by atoms with van der Waals surface area (Å²) in [5, 5.41) is 9.15. The quantitative estimate of drug-likeness (QED) is 0.545. The minimum Gasteiger partial charge on any atom is -0.478 e. The van der Waals surface area contributed by atoms with Crippen molar-refractivity contribution in [1.82, 2.24) is 4.57 Å². The molecule has 4 nitrogen and oxygen atoms in total. The Labute approximate surface area is 144 Å². The summed E-state index contributed by atoms with van der Waals surface area (Å²) < 4.78 is 1.91. The van der Waals surface area contributed by atoms with Gasteiger partial charge in [0.2, 0.25) is 0 Å². The Morgan fingerprint density at radius 1 is 1.12 bits per heavy atom. The van der Waals surface area contributed by atoms with E-state index in [4.69, 9.17) is 5.11 Å². The zero-order chi connectivity index (χ0) is 16.9. The van der Waals surface area contributed by atoms with Crippen molar-refractivity contribution >= 4 is 29.6 Å². The molecule has 0 aliphatic carbocycles. The van der Waals surface area contributed by atoms with Crippen LogP contribution in [-0.4, -0.2) is 28.1 Å². The first-order valence-electron chi connectivity index (χ1n) is 7.37. The van der Waals surface area contributed by atoms with E-state index in [1.165, 1.54) is 0 Å². The summed E-state index contributed by atoms with van der Waals surface area (Å²) in [6.07, 6.45) is 5.71. The molecular formula is C19H16N2O2S. The smallest absolute Gasteiger partial charge is 0.335 e. The van der Waals surface area contributed by atoms with Crippen LogP contribution < -0.4 is 0 Å². The van der Waals surface area contributed by atoms with Crippen LogP contribution in [0.4, 0.5) is 5.69 Å².